The first-order chi connectivity index (χ1) is 17.9. The second-order valence-electron chi connectivity index (χ2n) is 8.59. The summed E-state index contributed by atoms with van der Waals surface area (Å²) in [6.45, 7) is 4.53. The van der Waals surface area contributed by atoms with E-state index in [0.717, 1.165) is 45.0 Å². The van der Waals surface area contributed by atoms with Crippen LogP contribution >= 0.6 is 0 Å². The molecule has 1 fully saturated rings. The lowest BCUT2D eigenvalue weighted by Gasteiger charge is -2.26. The number of ether oxygens (including phenoxy) is 3. The fourth-order valence-electron chi connectivity index (χ4n) is 3.48. The predicted octanol–water partition coefficient (Wildman–Crippen LogP) is 3.68. The second-order valence-corrected chi connectivity index (χ2v) is 8.59. The Balaban J connectivity index is 0.000000281. The van der Waals surface area contributed by atoms with E-state index in [0.29, 0.717) is 18.0 Å². The van der Waals surface area contributed by atoms with Gasteiger partial charge in [0.15, 0.2) is 12.3 Å². The highest BCUT2D eigenvalue weighted by molar-refractivity contribution is 5.75. The van der Waals surface area contributed by atoms with Crippen LogP contribution in [0.15, 0.2) is 36.4 Å². The Morgan fingerprint density at radius 2 is 1.50 bits per heavy atom. The molecule has 38 heavy (non-hydrogen) atoms. The summed E-state index contributed by atoms with van der Waals surface area (Å²) in [4.78, 5) is 12.6. The maximum atomic E-state index is 14.4. The van der Waals surface area contributed by atoms with Gasteiger partial charge in [0.25, 0.3) is 5.91 Å². The Bertz CT molecular complexity index is 1040. The molecule has 13 heteroatoms. The van der Waals surface area contributed by atoms with Gasteiger partial charge in [-0.15, -0.1) is 0 Å². The van der Waals surface area contributed by atoms with Crippen LogP contribution in [0.3, 0.4) is 0 Å². The van der Waals surface area contributed by atoms with Crippen LogP contribution < -0.4 is 26.7 Å². The summed E-state index contributed by atoms with van der Waals surface area (Å²) in [6.07, 6.45) is -4.46. The molecule has 0 spiro atoms. The summed E-state index contributed by atoms with van der Waals surface area (Å²) in [5.74, 6) is -0.450. The Hall–Kier alpha value is -3.32. The molecule has 1 aliphatic rings. The molecule has 0 aromatic heterocycles. The predicted molar refractivity (Wildman–Crippen MR) is 133 cm³/mol. The number of hydrogen-bond donors (Lipinski definition) is 3. The lowest BCUT2D eigenvalue weighted by molar-refractivity contribution is -0.137. The van der Waals surface area contributed by atoms with E-state index >= 15 is 0 Å². The molecule has 2 aromatic rings. The summed E-state index contributed by atoms with van der Waals surface area (Å²) in [6, 6.07) is 7.35. The van der Waals surface area contributed by atoms with Crippen LogP contribution in [0.1, 0.15) is 24.5 Å². The van der Waals surface area contributed by atoms with Crippen molar-refractivity contribution in [2.75, 3.05) is 64.2 Å². The molecule has 0 aliphatic carbocycles. The van der Waals surface area contributed by atoms with Crippen molar-refractivity contribution in [2.45, 2.75) is 25.2 Å². The minimum Gasteiger partial charge on any atom is -0.492 e. The van der Waals surface area contributed by atoms with Crippen LogP contribution in [0.2, 0.25) is 0 Å². The molecule has 6 N–H and O–H groups in total. The molecule has 0 bridgehead atoms. The van der Waals surface area contributed by atoms with Crippen molar-refractivity contribution in [3.63, 3.8) is 0 Å². The molecule has 1 heterocycles. The van der Waals surface area contributed by atoms with Gasteiger partial charge in [-0.1, -0.05) is 6.92 Å². The summed E-state index contributed by atoms with van der Waals surface area (Å²) in [5, 5.41) is 0. The summed E-state index contributed by atoms with van der Waals surface area (Å²) in [5.41, 5.74) is 13.4. The van der Waals surface area contributed by atoms with Gasteiger partial charge >= 0.3 is 6.18 Å². The molecule has 1 amide bonds. The van der Waals surface area contributed by atoms with Crippen molar-refractivity contribution >= 4 is 17.3 Å². The van der Waals surface area contributed by atoms with Gasteiger partial charge in [0.1, 0.15) is 24.8 Å². The lowest BCUT2D eigenvalue weighted by Crippen LogP contribution is -2.38. The van der Waals surface area contributed by atoms with Crippen LogP contribution in [0, 0.1) is 0 Å². The third-order valence-electron chi connectivity index (χ3n) is 5.64. The van der Waals surface area contributed by atoms with Crippen LogP contribution in [-0.4, -0.2) is 63.5 Å². The molecule has 3 rings (SSSR count). The van der Waals surface area contributed by atoms with Crippen LogP contribution in [0.25, 0.3) is 0 Å². The van der Waals surface area contributed by atoms with E-state index in [9.17, 15) is 26.7 Å². The Morgan fingerprint density at radius 3 is 2.03 bits per heavy atom. The minimum absolute atomic E-state index is 0.0557. The van der Waals surface area contributed by atoms with Crippen LogP contribution in [0.5, 0.6) is 11.5 Å². The first kappa shape index (κ1) is 30.9. The van der Waals surface area contributed by atoms with Gasteiger partial charge in [-0.25, -0.2) is 8.78 Å². The zero-order valence-electron chi connectivity index (χ0n) is 21.0. The van der Waals surface area contributed by atoms with Crippen molar-refractivity contribution < 1.29 is 41.0 Å². The normalized spacial score (nSPS) is 15.6. The highest BCUT2D eigenvalue weighted by Gasteiger charge is 2.32. The van der Waals surface area contributed by atoms with Gasteiger partial charge in [-0.3, -0.25) is 9.69 Å². The maximum absolute atomic E-state index is 14.4. The number of halogens is 5. The van der Waals surface area contributed by atoms with Gasteiger partial charge in [0.2, 0.25) is 0 Å². The van der Waals surface area contributed by atoms with Crippen molar-refractivity contribution in [1.82, 2.24) is 4.90 Å². The number of alkyl halides is 5. The number of primary amides is 1. The lowest BCUT2D eigenvalue weighted by atomic mass is 9.94. The Kier molecular flexibility index (Phi) is 11.4. The highest BCUT2D eigenvalue weighted by Crippen LogP contribution is 2.35. The van der Waals surface area contributed by atoms with Gasteiger partial charge in [-0.05, 0) is 36.2 Å². The molecule has 0 radical (unpaired) electrons. The standard InChI is InChI=1S/C16H24F2N2O2.C9H9F3N2O2/c1-2-16(18,12-17)13-9-14(19)11-15(10-13)22-8-5-20-3-6-21-7-4-20;10-9(11,12)5-1-6(13)3-7(2-5)16-4-8(14)15/h9-11H,2-8,12,19H2,1H3;1-3H,4,13H2,(H2,14,15). The zero-order valence-corrected chi connectivity index (χ0v) is 21.0. The number of nitrogens with zero attached hydrogens (tertiary/aromatic N) is 1. The SMILES string of the molecule is CCC(F)(CF)c1cc(N)cc(OCCN2CCOCC2)c1.NC(=O)COc1cc(N)cc(C(F)(F)F)c1. The molecule has 2 aromatic carbocycles. The fraction of sp³-hybridized carbons (Fsp3) is 0.480. The number of carbonyl (C=O) groups excluding carboxylic acids is 1. The topological polar surface area (TPSA) is 126 Å². The van der Waals surface area contributed by atoms with Gasteiger partial charge in [-0.2, -0.15) is 13.2 Å². The number of carbonyl (C=O) groups is 1. The number of benzene rings is 2. The highest BCUT2D eigenvalue weighted by atomic mass is 19.4. The number of nitrogen functional groups attached to an aromatic ring is 2. The number of hydrogen-bond acceptors (Lipinski definition) is 7. The van der Waals surface area contributed by atoms with E-state index in [1.165, 1.54) is 12.1 Å². The first-order valence-electron chi connectivity index (χ1n) is 11.8. The molecule has 1 aliphatic heterocycles. The third kappa shape index (κ3) is 9.86. The molecular formula is C25H33F5N4O4. The number of morpholine rings is 1. The van der Waals surface area contributed by atoms with Gasteiger partial charge in [0, 0.05) is 43.1 Å². The average Bonchev–Trinajstić information content (AvgIpc) is 2.87. The molecule has 1 atom stereocenters. The monoisotopic (exact) mass is 548 g/mol. The number of amides is 1. The summed E-state index contributed by atoms with van der Waals surface area (Å²) in [7, 11) is 0. The van der Waals surface area contributed by atoms with Crippen molar-refractivity contribution in [2.24, 2.45) is 5.73 Å². The van der Waals surface area contributed by atoms with Gasteiger partial charge < -0.3 is 31.4 Å². The molecule has 8 nitrogen and oxygen atoms in total. The molecular weight excluding hydrogens is 515 g/mol. The van der Waals surface area contributed by atoms with E-state index in [-0.39, 0.29) is 23.4 Å². The molecule has 212 valence electrons. The first-order valence-corrected chi connectivity index (χ1v) is 11.8. The largest absolute Gasteiger partial charge is 0.492 e. The molecule has 1 unspecified atom stereocenters. The van der Waals surface area contributed by atoms with Crippen LogP contribution in [-0.2, 0) is 21.4 Å². The van der Waals surface area contributed by atoms with E-state index in [2.05, 4.69) is 4.90 Å². The number of nitrogens with two attached hydrogens (primary N) is 3. The number of rotatable bonds is 10. The van der Waals surface area contributed by atoms with E-state index in [1.807, 2.05) is 0 Å². The van der Waals surface area contributed by atoms with E-state index in [4.69, 9.17) is 31.4 Å². The van der Waals surface area contributed by atoms with E-state index < -0.39 is 36.6 Å². The average molecular weight is 549 g/mol. The minimum atomic E-state index is -4.51. The third-order valence-corrected chi connectivity index (χ3v) is 5.64. The maximum Gasteiger partial charge on any atom is 0.416 e. The Labute approximate surface area is 217 Å². The van der Waals surface area contributed by atoms with Crippen molar-refractivity contribution in [3.8, 4) is 11.5 Å². The summed E-state index contributed by atoms with van der Waals surface area (Å²) >= 11 is 0. The molecule has 0 saturated carbocycles. The zero-order chi connectivity index (χ0) is 28.3. The quantitative estimate of drug-likeness (QED) is 0.306. The molecule has 1 saturated heterocycles. The van der Waals surface area contributed by atoms with Gasteiger partial charge in [0.05, 0.1) is 18.8 Å². The van der Waals surface area contributed by atoms with Crippen molar-refractivity contribution in [3.05, 3.63) is 47.5 Å². The number of anilines is 2. The summed E-state index contributed by atoms with van der Waals surface area (Å²) < 4.78 is 80.2. The Morgan fingerprint density at radius 1 is 0.947 bits per heavy atom. The van der Waals surface area contributed by atoms with Crippen molar-refractivity contribution in [1.29, 1.82) is 0 Å². The van der Waals surface area contributed by atoms with Crippen LogP contribution in [0.4, 0.5) is 33.3 Å². The second kappa shape index (κ2) is 14.0. The van der Waals surface area contributed by atoms with E-state index in [1.54, 1.807) is 19.1 Å². The smallest absolute Gasteiger partial charge is 0.416 e. The fourth-order valence-corrected chi connectivity index (χ4v) is 3.48.